The van der Waals surface area contributed by atoms with Gasteiger partial charge in [-0.3, -0.25) is 9.89 Å². The lowest BCUT2D eigenvalue weighted by molar-refractivity contribution is 0.0919. The minimum absolute atomic E-state index is 0.00768. The van der Waals surface area contributed by atoms with Crippen molar-refractivity contribution in [1.82, 2.24) is 15.5 Å². The zero-order chi connectivity index (χ0) is 14.0. The summed E-state index contributed by atoms with van der Waals surface area (Å²) in [6.07, 6.45) is 8.10. The number of rotatable bonds is 3. The number of nitrogens with zero attached hydrogens (tertiary/aromatic N) is 1. The van der Waals surface area contributed by atoms with Crippen LogP contribution < -0.4 is 5.32 Å². The van der Waals surface area contributed by atoms with Crippen LogP contribution >= 0.6 is 0 Å². The van der Waals surface area contributed by atoms with Crippen LogP contribution in [0.15, 0.2) is 24.4 Å². The van der Waals surface area contributed by atoms with E-state index in [2.05, 4.69) is 22.4 Å². The molecule has 1 aliphatic rings. The van der Waals surface area contributed by atoms with Gasteiger partial charge in [-0.25, -0.2) is 0 Å². The minimum atomic E-state index is 0.00768. The van der Waals surface area contributed by atoms with E-state index in [1.54, 1.807) is 6.20 Å². The number of hydrogen-bond donors (Lipinski definition) is 2. The van der Waals surface area contributed by atoms with Gasteiger partial charge < -0.3 is 5.32 Å². The van der Waals surface area contributed by atoms with E-state index in [1.807, 2.05) is 18.2 Å². The monoisotopic (exact) mass is 271 g/mol. The Labute approximate surface area is 119 Å². The molecule has 20 heavy (non-hydrogen) atoms. The van der Waals surface area contributed by atoms with Crippen LogP contribution in [-0.2, 0) is 0 Å². The average molecular weight is 271 g/mol. The third-order valence-electron chi connectivity index (χ3n) is 4.44. The normalized spacial score (nSPS) is 18.1. The van der Waals surface area contributed by atoms with Crippen molar-refractivity contribution in [2.75, 3.05) is 6.54 Å². The van der Waals surface area contributed by atoms with Crippen molar-refractivity contribution in [2.24, 2.45) is 5.41 Å². The lowest BCUT2D eigenvalue weighted by Crippen LogP contribution is -2.37. The summed E-state index contributed by atoms with van der Waals surface area (Å²) in [5, 5.41) is 11.0. The van der Waals surface area contributed by atoms with Gasteiger partial charge in [0.2, 0.25) is 0 Å². The van der Waals surface area contributed by atoms with Crippen molar-refractivity contribution in [1.29, 1.82) is 0 Å². The molecular weight excluding hydrogens is 250 g/mol. The fourth-order valence-corrected chi connectivity index (χ4v) is 3.06. The van der Waals surface area contributed by atoms with Crippen molar-refractivity contribution in [2.45, 2.75) is 39.0 Å². The largest absolute Gasteiger partial charge is 0.351 e. The van der Waals surface area contributed by atoms with E-state index in [1.165, 1.54) is 32.1 Å². The molecule has 3 rings (SSSR count). The van der Waals surface area contributed by atoms with Gasteiger partial charge in [0.25, 0.3) is 5.91 Å². The third-order valence-corrected chi connectivity index (χ3v) is 4.44. The topological polar surface area (TPSA) is 57.8 Å². The summed E-state index contributed by atoms with van der Waals surface area (Å²) in [6, 6.07) is 5.65. The molecule has 1 aromatic carbocycles. The molecule has 2 aromatic rings. The van der Waals surface area contributed by atoms with Crippen molar-refractivity contribution >= 4 is 16.8 Å². The lowest BCUT2D eigenvalue weighted by atomic mass is 9.76. The molecule has 1 heterocycles. The van der Waals surface area contributed by atoms with E-state index in [-0.39, 0.29) is 11.3 Å². The fraction of sp³-hybridized carbons (Fsp3) is 0.500. The second-order valence-electron chi connectivity index (χ2n) is 6.23. The summed E-state index contributed by atoms with van der Waals surface area (Å²) in [6.45, 7) is 3.05. The van der Waals surface area contributed by atoms with Crippen LogP contribution in [0.25, 0.3) is 10.9 Å². The highest BCUT2D eigenvalue weighted by Gasteiger charge is 2.27. The van der Waals surface area contributed by atoms with Gasteiger partial charge in [-0.05, 0) is 30.4 Å². The third kappa shape index (κ3) is 2.69. The highest BCUT2D eigenvalue weighted by molar-refractivity contribution is 5.97. The molecule has 0 bridgehead atoms. The van der Waals surface area contributed by atoms with Gasteiger partial charge in [0, 0.05) is 17.5 Å². The Bertz CT molecular complexity index is 611. The Morgan fingerprint density at radius 2 is 2.15 bits per heavy atom. The molecule has 0 spiro atoms. The average Bonchev–Trinajstić information content (AvgIpc) is 2.93. The summed E-state index contributed by atoms with van der Waals surface area (Å²) in [5.74, 6) is 0.00768. The van der Waals surface area contributed by atoms with Gasteiger partial charge in [-0.2, -0.15) is 5.10 Å². The molecule has 1 amide bonds. The number of fused-ring (bicyclic) bond motifs is 1. The van der Waals surface area contributed by atoms with Crippen LogP contribution in [-0.4, -0.2) is 22.6 Å². The number of amides is 1. The summed E-state index contributed by atoms with van der Waals surface area (Å²) in [7, 11) is 0. The smallest absolute Gasteiger partial charge is 0.251 e. The van der Waals surface area contributed by atoms with Gasteiger partial charge in [0.15, 0.2) is 0 Å². The first-order valence-electron chi connectivity index (χ1n) is 7.38. The molecule has 0 atom stereocenters. The fourth-order valence-electron chi connectivity index (χ4n) is 3.06. The number of benzene rings is 1. The van der Waals surface area contributed by atoms with Crippen LogP contribution in [0.3, 0.4) is 0 Å². The van der Waals surface area contributed by atoms with Crippen LogP contribution in [0.4, 0.5) is 0 Å². The molecule has 0 saturated heterocycles. The highest BCUT2D eigenvalue weighted by atomic mass is 16.1. The van der Waals surface area contributed by atoms with Crippen LogP contribution in [0.1, 0.15) is 49.4 Å². The molecular formula is C16H21N3O. The van der Waals surface area contributed by atoms with Crippen LogP contribution in [0.5, 0.6) is 0 Å². The summed E-state index contributed by atoms with van der Waals surface area (Å²) in [5.41, 5.74) is 1.87. The second-order valence-corrected chi connectivity index (χ2v) is 6.23. The van der Waals surface area contributed by atoms with E-state index in [0.717, 1.165) is 17.4 Å². The Morgan fingerprint density at radius 1 is 1.35 bits per heavy atom. The standard InChI is InChI=1S/C16H21N3O/c1-16(7-3-2-4-8-16)11-17-15(20)12-5-6-13-10-18-19-14(13)9-12/h5-6,9-10H,2-4,7-8,11H2,1H3,(H,17,20)(H,18,19). The first-order valence-corrected chi connectivity index (χ1v) is 7.38. The molecule has 1 saturated carbocycles. The number of hydrogen-bond acceptors (Lipinski definition) is 2. The molecule has 0 unspecified atom stereocenters. The molecule has 0 radical (unpaired) electrons. The maximum Gasteiger partial charge on any atom is 0.251 e. The molecule has 2 N–H and O–H groups in total. The molecule has 0 aliphatic heterocycles. The summed E-state index contributed by atoms with van der Waals surface area (Å²) < 4.78 is 0. The minimum Gasteiger partial charge on any atom is -0.351 e. The lowest BCUT2D eigenvalue weighted by Gasteiger charge is -2.33. The van der Waals surface area contributed by atoms with Gasteiger partial charge >= 0.3 is 0 Å². The van der Waals surface area contributed by atoms with Crippen LogP contribution in [0.2, 0.25) is 0 Å². The Hall–Kier alpha value is -1.84. The highest BCUT2D eigenvalue weighted by Crippen LogP contribution is 2.34. The van der Waals surface area contributed by atoms with E-state index in [4.69, 9.17) is 0 Å². The van der Waals surface area contributed by atoms with Gasteiger partial charge in [0.1, 0.15) is 0 Å². The van der Waals surface area contributed by atoms with Crippen molar-refractivity contribution in [3.63, 3.8) is 0 Å². The number of carbonyl (C=O) groups excluding carboxylic acids is 1. The number of H-pyrrole nitrogens is 1. The second kappa shape index (κ2) is 5.27. The van der Waals surface area contributed by atoms with E-state index >= 15 is 0 Å². The predicted octanol–water partition coefficient (Wildman–Crippen LogP) is 3.26. The SMILES string of the molecule is CC1(CNC(=O)c2ccc3cn[nH]c3c2)CCCCC1. The van der Waals surface area contributed by atoms with E-state index in [0.29, 0.717) is 5.56 Å². The van der Waals surface area contributed by atoms with Gasteiger partial charge in [0.05, 0.1) is 11.7 Å². The molecule has 106 valence electrons. The predicted molar refractivity (Wildman–Crippen MR) is 79.6 cm³/mol. The molecule has 4 nitrogen and oxygen atoms in total. The van der Waals surface area contributed by atoms with Crippen molar-refractivity contribution < 1.29 is 4.79 Å². The number of aromatic nitrogens is 2. The first-order chi connectivity index (χ1) is 9.66. The zero-order valence-corrected chi connectivity index (χ0v) is 11.9. The zero-order valence-electron chi connectivity index (χ0n) is 11.9. The van der Waals surface area contributed by atoms with E-state index in [9.17, 15) is 4.79 Å². The van der Waals surface area contributed by atoms with Gasteiger partial charge in [-0.1, -0.05) is 32.3 Å². The van der Waals surface area contributed by atoms with Gasteiger partial charge in [-0.15, -0.1) is 0 Å². The Kier molecular flexibility index (Phi) is 3.47. The van der Waals surface area contributed by atoms with Crippen LogP contribution in [0, 0.1) is 5.41 Å². The quantitative estimate of drug-likeness (QED) is 0.900. The maximum atomic E-state index is 12.2. The molecule has 1 fully saturated rings. The molecule has 1 aromatic heterocycles. The van der Waals surface area contributed by atoms with E-state index < -0.39 is 0 Å². The Morgan fingerprint density at radius 3 is 2.95 bits per heavy atom. The summed E-state index contributed by atoms with van der Waals surface area (Å²) in [4.78, 5) is 12.2. The van der Waals surface area contributed by atoms with Crippen molar-refractivity contribution in [3.05, 3.63) is 30.0 Å². The number of carbonyl (C=O) groups is 1. The molecule has 1 aliphatic carbocycles. The number of aromatic amines is 1. The Balaban J connectivity index is 1.66. The maximum absolute atomic E-state index is 12.2. The summed E-state index contributed by atoms with van der Waals surface area (Å²) >= 11 is 0. The first kappa shape index (κ1) is 13.2. The molecule has 4 heteroatoms. The van der Waals surface area contributed by atoms with Crippen molar-refractivity contribution in [3.8, 4) is 0 Å². The number of nitrogens with one attached hydrogen (secondary N) is 2.